The topological polar surface area (TPSA) is 30.5 Å². The Morgan fingerprint density at radius 3 is 2.85 bits per heavy atom. The highest BCUT2D eigenvalue weighted by atomic mass is 79.9. The molecule has 0 spiro atoms. The van der Waals surface area contributed by atoms with Crippen LogP contribution in [-0.4, -0.2) is 32.4 Å². The van der Waals surface area contributed by atoms with Gasteiger partial charge >= 0.3 is 0 Å². The van der Waals surface area contributed by atoms with E-state index in [4.69, 9.17) is 9.47 Å². The van der Waals surface area contributed by atoms with E-state index in [1.165, 1.54) is 24.8 Å². The maximum absolute atomic E-state index is 6.00. The van der Waals surface area contributed by atoms with Crippen LogP contribution < -0.4 is 10.1 Å². The summed E-state index contributed by atoms with van der Waals surface area (Å²) in [6, 6.07) is 6.84. The minimum atomic E-state index is 0.471. The van der Waals surface area contributed by atoms with Crippen LogP contribution in [0.3, 0.4) is 0 Å². The van der Waals surface area contributed by atoms with Crippen LogP contribution in [0, 0.1) is 5.92 Å². The number of nitrogens with one attached hydrogen (secondary N) is 1. The summed E-state index contributed by atoms with van der Waals surface area (Å²) in [5, 5.41) is 3.50. The number of likely N-dealkylation sites (N-methyl/N-ethyl adjacent to an activating group) is 1. The van der Waals surface area contributed by atoms with Gasteiger partial charge in [0.25, 0.3) is 0 Å². The standard InChI is InChI=1S/C16H22BrNO2/c1-18-14(12-9-11-4-6-15(12)20-11)8-10-3-5-16(19-2)13(17)7-10/h3,5,7,11-12,14-15,18H,4,6,8-9H2,1-2H3. The Morgan fingerprint density at radius 1 is 1.45 bits per heavy atom. The number of rotatable bonds is 5. The molecule has 20 heavy (non-hydrogen) atoms. The molecule has 2 heterocycles. The first-order valence-electron chi connectivity index (χ1n) is 7.36. The molecule has 0 amide bonds. The van der Waals surface area contributed by atoms with Gasteiger partial charge in [-0.1, -0.05) is 6.07 Å². The maximum Gasteiger partial charge on any atom is 0.133 e. The summed E-state index contributed by atoms with van der Waals surface area (Å²) in [5.74, 6) is 1.54. The molecular formula is C16H22BrNO2. The summed E-state index contributed by atoms with van der Waals surface area (Å²) < 4.78 is 12.3. The van der Waals surface area contributed by atoms with Crippen LogP contribution in [0.4, 0.5) is 0 Å². The minimum absolute atomic E-state index is 0.471. The number of fused-ring (bicyclic) bond motifs is 2. The highest BCUT2D eigenvalue weighted by molar-refractivity contribution is 9.10. The molecule has 4 atom stereocenters. The Bertz CT molecular complexity index is 480. The molecule has 1 aromatic carbocycles. The molecule has 2 fully saturated rings. The second-order valence-corrected chi connectivity index (χ2v) is 6.70. The molecule has 2 saturated heterocycles. The van der Waals surface area contributed by atoms with Crippen molar-refractivity contribution in [3.8, 4) is 5.75 Å². The molecule has 0 saturated carbocycles. The lowest BCUT2D eigenvalue weighted by atomic mass is 9.81. The van der Waals surface area contributed by atoms with E-state index in [2.05, 4.69) is 40.4 Å². The summed E-state index contributed by atoms with van der Waals surface area (Å²) in [6.07, 6.45) is 5.73. The third-order valence-electron chi connectivity index (χ3n) is 4.71. The van der Waals surface area contributed by atoms with Crippen molar-refractivity contribution < 1.29 is 9.47 Å². The minimum Gasteiger partial charge on any atom is -0.496 e. The number of halogens is 1. The molecule has 2 aliphatic heterocycles. The number of benzene rings is 1. The van der Waals surface area contributed by atoms with Crippen molar-refractivity contribution >= 4 is 15.9 Å². The molecule has 3 nitrogen and oxygen atoms in total. The number of methoxy groups -OCH3 is 1. The van der Waals surface area contributed by atoms with E-state index in [1.807, 2.05) is 6.07 Å². The normalized spacial score (nSPS) is 29.6. The average Bonchev–Trinajstić information content (AvgIpc) is 3.07. The molecule has 3 rings (SSSR count). The van der Waals surface area contributed by atoms with E-state index < -0.39 is 0 Å². The molecule has 0 aromatic heterocycles. The van der Waals surface area contributed by atoms with E-state index >= 15 is 0 Å². The first-order valence-corrected chi connectivity index (χ1v) is 8.15. The van der Waals surface area contributed by atoms with Crippen molar-refractivity contribution in [3.63, 3.8) is 0 Å². The molecule has 4 heteroatoms. The van der Waals surface area contributed by atoms with Crippen molar-refractivity contribution in [1.29, 1.82) is 0 Å². The van der Waals surface area contributed by atoms with Crippen molar-refractivity contribution in [2.75, 3.05) is 14.2 Å². The Labute approximate surface area is 129 Å². The van der Waals surface area contributed by atoms with Crippen LogP contribution in [-0.2, 0) is 11.2 Å². The number of hydrogen-bond donors (Lipinski definition) is 1. The van der Waals surface area contributed by atoms with Gasteiger partial charge in [0.1, 0.15) is 5.75 Å². The van der Waals surface area contributed by atoms with Crippen LogP contribution in [0.2, 0.25) is 0 Å². The SMILES string of the molecule is CNC(Cc1ccc(OC)c(Br)c1)C1CC2CCC1O2. The van der Waals surface area contributed by atoms with Gasteiger partial charge in [-0.15, -0.1) is 0 Å². The van der Waals surface area contributed by atoms with E-state index in [0.717, 1.165) is 16.6 Å². The summed E-state index contributed by atoms with van der Waals surface area (Å²) in [4.78, 5) is 0. The lowest BCUT2D eigenvalue weighted by Gasteiger charge is -2.28. The lowest BCUT2D eigenvalue weighted by Crippen LogP contribution is -2.40. The Hall–Kier alpha value is -0.580. The van der Waals surface area contributed by atoms with Crippen LogP contribution in [0.5, 0.6) is 5.75 Å². The van der Waals surface area contributed by atoms with Gasteiger partial charge in [0.15, 0.2) is 0 Å². The van der Waals surface area contributed by atoms with Gasteiger partial charge in [0.2, 0.25) is 0 Å². The second kappa shape index (κ2) is 6.04. The Balaban J connectivity index is 1.70. The summed E-state index contributed by atoms with van der Waals surface area (Å²) >= 11 is 3.57. The van der Waals surface area contributed by atoms with Gasteiger partial charge in [-0.3, -0.25) is 0 Å². The van der Waals surface area contributed by atoms with Crippen molar-refractivity contribution in [2.24, 2.45) is 5.92 Å². The van der Waals surface area contributed by atoms with Gasteiger partial charge in [-0.2, -0.15) is 0 Å². The predicted molar refractivity (Wildman–Crippen MR) is 83.2 cm³/mol. The molecule has 4 unspecified atom stereocenters. The van der Waals surface area contributed by atoms with E-state index in [1.54, 1.807) is 7.11 Å². The van der Waals surface area contributed by atoms with Crippen molar-refractivity contribution in [1.82, 2.24) is 5.32 Å². The fraction of sp³-hybridized carbons (Fsp3) is 0.625. The zero-order valence-corrected chi connectivity index (χ0v) is 13.7. The Morgan fingerprint density at radius 2 is 2.30 bits per heavy atom. The first-order chi connectivity index (χ1) is 9.71. The van der Waals surface area contributed by atoms with Gasteiger partial charge in [-0.25, -0.2) is 0 Å². The lowest BCUT2D eigenvalue weighted by molar-refractivity contribution is 0.0863. The maximum atomic E-state index is 6.00. The molecule has 0 radical (unpaired) electrons. The third-order valence-corrected chi connectivity index (χ3v) is 5.33. The molecule has 1 N–H and O–H groups in total. The second-order valence-electron chi connectivity index (χ2n) is 5.84. The molecule has 110 valence electrons. The first kappa shape index (κ1) is 14.4. The Kier molecular flexibility index (Phi) is 4.34. The van der Waals surface area contributed by atoms with E-state index in [0.29, 0.717) is 24.2 Å². The summed E-state index contributed by atoms with van der Waals surface area (Å²) in [7, 11) is 3.76. The van der Waals surface area contributed by atoms with Gasteiger partial charge in [0, 0.05) is 12.0 Å². The molecular weight excluding hydrogens is 318 g/mol. The zero-order valence-electron chi connectivity index (χ0n) is 12.1. The van der Waals surface area contributed by atoms with Gasteiger partial charge in [-0.05, 0) is 66.4 Å². The number of ether oxygens (including phenoxy) is 2. The molecule has 2 aliphatic rings. The van der Waals surface area contributed by atoms with Crippen LogP contribution in [0.1, 0.15) is 24.8 Å². The summed E-state index contributed by atoms with van der Waals surface area (Å²) in [5.41, 5.74) is 1.33. The summed E-state index contributed by atoms with van der Waals surface area (Å²) in [6.45, 7) is 0. The smallest absolute Gasteiger partial charge is 0.133 e. The monoisotopic (exact) mass is 339 g/mol. The van der Waals surface area contributed by atoms with Gasteiger partial charge in [0.05, 0.1) is 23.8 Å². The van der Waals surface area contributed by atoms with Crippen molar-refractivity contribution in [2.45, 2.75) is 43.9 Å². The quantitative estimate of drug-likeness (QED) is 0.893. The van der Waals surface area contributed by atoms with Crippen LogP contribution >= 0.6 is 15.9 Å². The zero-order chi connectivity index (χ0) is 14.1. The molecule has 0 aliphatic carbocycles. The van der Waals surface area contributed by atoms with Gasteiger partial charge < -0.3 is 14.8 Å². The van der Waals surface area contributed by atoms with Crippen molar-refractivity contribution in [3.05, 3.63) is 28.2 Å². The van der Waals surface area contributed by atoms with E-state index in [9.17, 15) is 0 Å². The fourth-order valence-electron chi connectivity index (χ4n) is 3.66. The van der Waals surface area contributed by atoms with Crippen LogP contribution in [0.15, 0.2) is 22.7 Å². The predicted octanol–water partition coefficient (Wildman–Crippen LogP) is 3.16. The fourth-order valence-corrected chi connectivity index (χ4v) is 4.25. The van der Waals surface area contributed by atoms with E-state index in [-0.39, 0.29) is 0 Å². The molecule has 1 aromatic rings. The highest BCUT2D eigenvalue weighted by Crippen LogP contribution is 2.41. The molecule has 2 bridgehead atoms. The largest absolute Gasteiger partial charge is 0.496 e. The van der Waals surface area contributed by atoms with Crippen LogP contribution in [0.25, 0.3) is 0 Å². The highest BCUT2D eigenvalue weighted by Gasteiger charge is 2.43. The number of hydrogen-bond acceptors (Lipinski definition) is 3. The third kappa shape index (κ3) is 2.74. The average molecular weight is 340 g/mol.